The third-order valence-corrected chi connectivity index (χ3v) is 9.07. The number of piperazine rings is 1. The SMILES string of the molecule is CS(=O)(=O)c1cc(C2CCNC2=O)ccc1C(=O)N1CCN(c2ncc(C3CC3)cc2C2CC2)CC1. The first-order valence-corrected chi connectivity index (χ1v) is 14.8. The highest BCUT2D eigenvalue weighted by molar-refractivity contribution is 7.90. The second-order valence-corrected chi connectivity index (χ2v) is 12.7. The van der Waals surface area contributed by atoms with E-state index in [1.165, 1.54) is 42.9 Å². The van der Waals surface area contributed by atoms with Gasteiger partial charge in [0.15, 0.2) is 9.84 Å². The van der Waals surface area contributed by atoms with E-state index in [9.17, 15) is 18.0 Å². The number of anilines is 1. The van der Waals surface area contributed by atoms with Crippen molar-refractivity contribution in [2.24, 2.45) is 0 Å². The predicted molar refractivity (Wildman–Crippen MR) is 136 cm³/mol. The molecule has 1 atom stereocenters. The third kappa shape index (κ3) is 4.49. The Labute approximate surface area is 212 Å². The summed E-state index contributed by atoms with van der Waals surface area (Å²) in [5.41, 5.74) is 3.53. The maximum absolute atomic E-state index is 13.5. The van der Waals surface area contributed by atoms with E-state index in [4.69, 9.17) is 4.98 Å². The Hall–Kier alpha value is -2.94. The molecular formula is C27H32N4O4S. The molecule has 0 radical (unpaired) electrons. The van der Waals surface area contributed by atoms with Crippen molar-refractivity contribution >= 4 is 27.5 Å². The lowest BCUT2D eigenvalue weighted by Crippen LogP contribution is -2.49. The molecule has 36 heavy (non-hydrogen) atoms. The fourth-order valence-electron chi connectivity index (χ4n) is 5.53. The largest absolute Gasteiger partial charge is 0.356 e. The number of benzene rings is 1. The number of carbonyl (C=O) groups excluding carboxylic acids is 2. The highest BCUT2D eigenvalue weighted by atomic mass is 32.2. The number of hydrogen-bond acceptors (Lipinski definition) is 6. The average molecular weight is 509 g/mol. The molecule has 6 rings (SSSR count). The van der Waals surface area contributed by atoms with Crippen molar-refractivity contribution in [3.05, 3.63) is 52.7 Å². The Morgan fingerprint density at radius 2 is 1.69 bits per heavy atom. The van der Waals surface area contributed by atoms with Gasteiger partial charge in [0.25, 0.3) is 5.91 Å². The second kappa shape index (κ2) is 8.87. The van der Waals surface area contributed by atoms with Gasteiger partial charge in [0.1, 0.15) is 5.82 Å². The number of nitrogens with zero attached hydrogens (tertiary/aromatic N) is 3. The zero-order valence-corrected chi connectivity index (χ0v) is 21.4. The van der Waals surface area contributed by atoms with Gasteiger partial charge < -0.3 is 15.1 Å². The number of carbonyl (C=O) groups is 2. The van der Waals surface area contributed by atoms with Crippen LogP contribution in [0.15, 0.2) is 35.4 Å². The van der Waals surface area contributed by atoms with Crippen molar-refractivity contribution in [3.8, 4) is 0 Å². The first-order chi connectivity index (χ1) is 17.3. The molecule has 4 fully saturated rings. The van der Waals surface area contributed by atoms with Crippen LogP contribution < -0.4 is 10.2 Å². The molecule has 0 spiro atoms. The molecule has 2 amide bonds. The fourth-order valence-corrected chi connectivity index (χ4v) is 6.44. The van der Waals surface area contributed by atoms with E-state index in [1.54, 1.807) is 17.0 Å². The molecular weight excluding hydrogens is 476 g/mol. The third-order valence-electron chi connectivity index (χ3n) is 7.94. The summed E-state index contributed by atoms with van der Waals surface area (Å²) in [6.45, 7) is 2.91. The lowest BCUT2D eigenvalue weighted by atomic mass is 9.96. The zero-order valence-electron chi connectivity index (χ0n) is 20.6. The highest BCUT2D eigenvalue weighted by Crippen LogP contribution is 2.47. The van der Waals surface area contributed by atoms with Gasteiger partial charge in [-0.15, -0.1) is 0 Å². The van der Waals surface area contributed by atoms with Gasteiger partial charge in [-0.25, -0.2) is 13.4 Å². The van der Waals surface area contributed by atoms with Crippen LogP contribution >= 0.6 is 0 Å². The average Bonchev–Trinajstić information content (AvgIpc) is 3.80. The maximum Gasteiger partial charge on any atom is 0.255 e. The Morgan fingerprint density at radius 1 is 0.972 bits per heavy atom. The van der Waals surface area contributed by atoms with Crippen LogP contribution in [0.2, 0.25) is 0 Å². The standard InChI is InChI=1S/C27H32N4O4S/c1-36(34,35)24-15-19(21-8-9-28-26(21)32)6-7-22(24)27(33)31-12-10-30(11-13-31)25-23(18-4-5-18)14-20(16-29-25)17-2-3-17/h6-7,14-18,21H,2-5,8-13H2,1H3,(H,28,32). The maximum atomic E-state index is 13.5. The van der Waals surface area contributed by atoms with Gasteiger partial charge in [0.2, 0.25) is 5.91 Å². The molecule has 2 aliphatic heterocycles. The van der Waals surface area contributed by atoms with Crippen LogP contribution in [0.4, 0.5) is 5.82 Å². The van der Waals surface area contributed by atoms with Crippen LogP contribution in [0, 0.1) is 0 Å². The summed E-state index contributed by atoms with van der Waals surface area (Å²) in [6.07, 6.45) is 8.72. The molecule has 9 heteroatoms. The Morgan fingerprint density at radius 3 is 2.31 bits per heavy atom. The molecule has 2 saturated carbocycles. The first-order valence-electron chi connectivity index (χ1n) is 13.0. The zero-order chi connectivity index (χ0) is 25.0. The van der Waals surface area contributed by atoms with E-state index in [0.717, 1.165) is 12.1 Å². The van der Waals surface area contributed by atoms with Crippen LogP contribution in [0.5, 0.6) is 0 Å². The molecule has 0 bridgehead atoms. The molecule has 4 aliphatic rings. The van der Waals surface area contributed by atoms with Gasteiger partial charge in [-0.2, -0.15) is 0 Å². The van der Waals surface area contributed by atoms with E-state index in [0.29, 0.717) is 56.5 Å². The molecule has 2 aliphatic carbocycles. The highest BCUT2D eigenvalue weighted by Gasteiger charge is 2.34. The van der Waals surface area contributed by atoms with Crippen molar-refractivity contribution in [3.63, 3.8) is 0 Å². The van der Waals surface area contributed by atoms with Gasteiger partial charge >= 0.3 is 0 Å². The van der Waals surface area contributed by atoms with Crippen LogP contribution in [-0.4, -0.2) is 69.1 Å². The smallest absolute Gasteiger partial charge is 0.255 e. The van der Waals surface area contributed by atoms with Crippen LogP contribution in [0.25, 0.3) is 0 Å². The lowest BCUT2D eigenvalue weighted by Gasteiger charge is -2.36. The molecule has 1 aromatic carbocycles. The summed E-state index contributed by atoms with van der Waals surface area (Å²) in [7, 11) is -3.65. The summed E-state index contributed by atoms with van der Waals surface area (Å²) >= 11 is 0. The monoisotopic (exact) mass is 508 g/mol. The Balaban J connectivity index is 1.20. The van der Waals surface area contributed by atoms with E-state index < -0.39 is 9.84 Å². The van der Waals surface area contributed by atoms with Crippen LogP contribution in [0.1, 0.15) is 76.9 Å². The minimum absolute atomic E-state index is 0.000445. The topological polar surface area (TPSA) is 99.7 Å². The van der Waals surface area contributed by atoms with Gasteiger partial charge in [0, 0.05) is 45.2 Å². The van der Waals surface area contributed by atoms with Gasteiger partial charge in [0.05, 0.1) is 16.4 Å². The van der Waals surface area contributed by atoms with Crippen molar-refractivity contribution in [1.82, 2.24) is 15.2 Å². The van der Waals surface area contributed by atoms with Crippen LogP contribution in [-0.2, 0) is 14.6 Å². The Bertz CT molecular complexity index is 1330. The first kappa shape index (κ1) is 23.5. The number of pyridine rings is 1. The number of sulfone groups is 1. The predicted octanol–water partition coefficient (Wildman–Crippen LogP) is 2.81. The van der Waals surface area contributed by atoms with E-state index >= 15 is 0 Å². The summed E-state index contributed by atoms with van der Waals surface area (Å²) in [6, 6.07) is 7.18. The van der Waals surface area contributed by atoms with E-state index in [1.807, 2.05) is 6.20 Å². The summed E-state index contributed by atoms with van der Waals surface area (Å²) in [4.78, 5) is 34.5. The molecule has 190 valence electrons. The summed E-state index contributed by atoms with van der Waals surface area (Å²) < 4.78 is 25.3. The number of hydrogen-bond donors (Lipinski definition) is 1. The van der Waals surface area contributed by atoms with E-state index in [-0.39, 0.29) is 28.2 Å². The molecule has 1 N–H and O–H groups in total. The summed E-state index contributed by atoms with van der Waals surface area (Å²) in [5.74, 6) is 1.56. The minimum atomic E-state index is -3.65. The molecule has 1 aromatic heterocycles. The molecule has 3 heterocycles. The van der Waals surface area contributed by atoms with Gasteiger partial charge in [-0.05, 0) is 72.8 Å². The number of nitrogens with one attached hydrogen (secondary N) is 1. The van der Waals surface area contributed by atoms with Gasteiger partial charge in [-0.1, -0.05) is 12.1 Å². The molecule has 1 unspecified atom stereocenters. The number of aromatic nitrogens is 1. The Kier molecular flexibility index (Phi) is 5.78. The molecule has 2 saturated heterocycles. The number of rotatable bonds is 6. The fraction of sp³-hybridized carbons (Fsp3) is 0.519. The van der Waals surface area contributed by atoms with Crippen LogP contribution in [0.3, 0.4) is 0 Å². The minimum Gasteiger partial charge on any atom is -0.356 e. The number of amides is 2. The van der Waals surface area contributed by atoms with Crippen molar-refractivity contribution in [2.75, 3.05) is 43.9 Å². The molecule has 8 nitrogen and oxygen atoms in total. The molecule has 2 aromatic rings. The van der Waals surface area contributed by atoms with Gasteiger partial charge in [-0.3, -0.25) is 9.59 Å². The van der Waals surface area contributed by atoms with Crippen molar-refractivity contribution < 1.29 is 18.0 Å². The summed E-state index contributed by atoms with van der Waals surface area (Å²) in [5, 5.41) is 2.79. The lowest BCUT2D eigenvalue weighted by molar-refractivity contribution is -0.120. The second-order valence-electron chi connectivity index (χ2n) is 10.7. The van der Waals surface area contributed by atoms with Crippen molar-refractivity contribution in [2.45, 2.75) is 54.8 Å². The van der Waals surface area contributed by atoms with Crippen molar-refractivity contribution in [1.29, 1.82) is 0 Å². The normalized spacial score (nSPS) is 22.6. The quantitative estimate of drug-likeness (QED) is 0.644. The van der Waals surface area contributed by atoms with E-state index in [2.05, 4.69) is 16.3 Å².